The topological polar surface area (TPSA) is 73.9 Å². The Morgan fingerprint density at radius 2 is 1.80 bits per heavy atom. The van der Waals surface area contributed by atoms with Crippen molar-refractivity contribution in [1.29, 1.82) is 0 Å². The molecule has 1 N–H and O–H groups in total. The molecule has 35 heavy (non-hydrogen) atoms. The average molecular weight is 500 g/mol. The fourth-order valence-electron chi connectivity index (χ4n) is 4.33. The zero-order chi connectivity index (χ0) is 25.6. The molecular weight excluding hydrogens is 462 g/mol. The first kappa shape index (κ1) is 26.8. The molecule has 0 spiro atoms. The van der Waals surface area contributed by atoms with Crippen LogP contribution in [0.5, 0.6) is 11.5 Å². The Balaban J connectivity index is 1.82. The highest BCUT2D eigenvalue weighted by Crippen LogP contribution is 2.44. The van der Waals surface area contributed by atoms with Crippen LogP contribution < -0.4 is 14.8 Å². The fraction of sp³-hybridized carbons (Fsp3) is 0.500. The number of fused-ring (bicyclic) bond motifs is 1. The highest BCUT2D eigenvalue weighted by atomic mass is 32.1. The van der Waals surface area contributed by atoms with Crippen LogP contribution in [0, 0.1) is 11.3 Å². The number of carbonyl (C=O) groups is 2. The normalized spacial score (nSPS) is 15.5. The van der Waals surface area contributed by atoms with E-state index < -0.39 is 0 Å². The highest BCUT2D eigenvalue weighted by Gasteiger charge is 2.34. The van der Waals surface area contributed by atoms with Crippen LogP contribution in [0.4, 0.5) is 5.00 Å². The van der Waals surface area contributed by atoms with Crippen molar-refractivity contribution in [3.63, 3.8) is 0 Å². The van der Waals surface area contributed by atoms with Gasteiger partial charge in [-0.05, 0) is 80.7 Å². The molecule has 6 nitrogen and oxygen atoms in total. The number of ether oxygens (including phenoxy) is 3. The Hall–Kier alpha value is -2.80. The van der Waals surface area contributed by atoms with Crippen LogP contribution in [0.25, 0.3) is 6.08 Å². The minimum atomic E-state index is -0.369. The Labute approximate surface area is 212 Å². The predicted molar refractivity (Wildman–Crippen MR) is 142 cm³/mol. The van der Waals surface area contributed by atoms with Crippen molar-refractivity contribution in [1.82, 2.24) is 0 Å². The van der Waals surface area contributed by atoms with Gasteiger partial charge in [0, 0.05) is 11.0 Å². The van der Waals surface area contributed by atoms with Crippen molar-refractivity contribution < 1.29 is 23.8 Å². The van der Waals surface area contributed by atoms with Gasteiger partial charge in [0.25, 0.3) is 0 Å². The van der Waals surface area contributed by atoms with Gasteiger partial charge in [-0.3, -0.25) is 4.79 Å². The van der Waals surface area contributed by atoms with Crippen LogP contribution >= 0.6 is 11.3 Å². The van der Waals surface area contributed by atoms with Gasteiger partial charge in [0.1, 0.15) is 5.00 Å². The highest BCUT2D eigenvalue weighted by molar-refractivity contribution is 7.17. The molecule has 0 saturated carbocycles. The third kappa shape index (κ3) is 6.66. The van der Waals surface area contributed by atoms with E-state index in [1.54, 1.807) is 13.0 Å². The Morgan fingerprint density at radius 1 is 1.09 bits per heavy atom. The maximum Gasteiger partial charge on any atom is 0.341 e. The number of anilines is 1. The summed E-state index contributed by atoms with van der Waals surface area (Å²) in [6.07, 6.45) is 5.94. The number of benzene rings is 1. The summed E-state index contributed by atoms with van der Waals surface area (Å²) in [7, 11) is 0. The lowest BCUT2D eigenvalue weighted by atomic mass is 9.72. The number of thiophene rings is 1. The number of amides is 1. The molecule has 0 aliphatic heterocycles. The number of hydrogen-bond donors (Lipinski definition) is 1. The third-order valence-corrected chi connectivity index (χ3v) is 7.37. The minimum absolute atomic E-state index is 0.190. The van der Waals surface area contributed by atoms with E-state index in [0.717, 1.165) is 30.4 Å². The molecule has 1 unspecified atom stereocenters. The molecule has 1 aromatic carbocycles. The van der Waals surface area contributed by atoms with E-state index >= 15 is 0 Å². The summed E-state index contributed by atoms with van der Waals surface area (Å²) in [5, 5.41) is 3.51. The van der Waals surface area contributed by atoms with Gasteiger partial charge in [-0.2, -0.15) is 0 Å². The number of rotatable bonds is 9. The third-order valence-electron chi connectivity index (χ3n) is 6.20. The number of carbonyl (C=O) groups excluding carboxylic acids is 2. The SMILES string of the molecule is CCOC(=O)c1c(NC(=O)/C=C/c2ccc(OCC)c(OCC)c2)sc2c1CCC(C(C)(C)C)C2. The predicted octanol–water partition coefficient (Wildman–Crippen LogP) is 6.53. The number of esters is 1. The Bertz CT molecular complexity index is 1080. The molecule has 1 atom stereocenters. The van der Waals surface area contributed by atoms with Crippen molar-refractivity contribution >= 4 is 34.3 Å². The first-order chi connectivity index (χ1) is 16.7. The zero-order valence-corrected chi connectivity index (χ0v) is 22.5. The van der Waals surface area contributed by atoms with Gasteiger partial charge in [0.2, 0.25) is 5.91 Å². The molecule has 2 aromatic rings. The average Bonchev–Trinajstić information content (AvgIpc) is 3.16. The summed E-state index contributed by atoms with van der Waals surface area (Å²) in [4.78, 5) is 26.8. The van der Waals surface area contributed by atoms with Crippen LogP contribution in [0.3, 0.4) is 0 Å². The van der Waals surface area contributed by atoms with Crippen LogP contribution in [0.15, 0.2) is 24.3 Å². The molecule has 1 aromatic heterocycles. The molecule has 1 amide bonds. The standard InChI is InChI=1S/C28H37NO5S/c1-7-32-21-14-10-18(16-22(21)33-8-2)11-15-24(30)29-26-25(27(31)34-9-3)20-13-12-19(28(4,5)6)17-23(20)35-26/h10-11,14-16,19H,7-9,12-13,17H2,1-6H3,(H,29,30)/b15-11+. The van der Waals surface area contributed by atoms with Crippen LogP contribution in [0.2, 0.25) is 0 Å². The molecule has 0 fully saturated rings. The second-order valence-corrected chi connectivity index (χ2v) is 10.7. The van der Waals surface area contributed by atoms with Crippen molar-refractivity contribution in [2.75, 3.05) is 25.1 Å². The lowest BCUT2D eigenvalue weighted by Crippen LogP contribution is -2.26. The first-order valence-corrected chi connectivity index (χ1v) is 13.2. The van der Waals surface area contributed by atoms with Crippen LogP contribution in [0.1, 0.15) is 74.3 Å². The lowest BCUT2D eigenvalue weighted by molar-refractivity contribution is -0.111. The van der Waals surface area contributed by atoms with E-state index in [9.17, 15) is 9.59 Å². The molecule has 0 saturated heterocycles. The van der Waals surface area contributed by atoms with Gasteiger partial charge in [0.05, 0.1) is 25.4 Å². The minimum Gasteiger partial charge on any atom is -0.490 e. The van der Waals surface area contributed by atoms with Crippen molar-refractivity contribution in [3.05, 3.63) is 45.8 Å². The van der Waals surface area contributed by atoms with E-state index in [1.165, 1.54) is 22.3 Å². The number of hydrogen-bond acceptors (Lipinski definition) is 6. The van der Waals surface area contributed by atoms with E-state index in [2.05, 4.69) is 26.1 Å². The summed E-state index contributed by atoms with van der Waals surface area (Å²) < 4.78 is 16.6. The van der Waals surface area contributed by atoms with Gasteiger partial charge in [-0.25, -0.2) is 4.79 Å². The lowest BCUT2D eigenvalue weighted by Gasteiger charge is -2.33. The summed E-state index contributed by atoms with van der Waals surface area (Å²) in [6, 6.07) is 5.56. The molecule has 0 radical (unpaired) electrons. The summed E-state index contributed by atoms with van der Waals surface area (Å²) >= 11 is 1.50. The van der Waals surface area contributed by atoms with Crippen LogP contribution in [-0.2, 0) is 22.4 Å². The van der Waals surface area contributed by atoms with Gasteiger partial charge in [-0.15, -0.1) is 11.3 Å². The quantitative estimate of drug-likeness (QED) is 0.314. The molecular formula is C28H37NO5S. The monoisotopic (exact) mass is 499 g/mol. The Morgan fingerprint density at radius 3 is 2.46 bits per heavy atom. The van der Waals surface area contributed by atoms with Gasteiger partial charge in [-0.1, -0.05) is 26.8 Å². The van der Waals surface area contributed by atoms with E-state index in [1.807, 2.05) is 32.0 Å². The Kier molecular flexibility index (Phi) is 9.00. The molecule has 1 heterocycles. The number of nitrogens with one attached hydrogen (secondary N) is 1. The summed E-state index contributed by atoms with van der Waals surface area (Å²) in [6.45, 7) is 13.8. The second-order valence-electron chi connectivity index (χ2n) is 9.63. The first-order valence-electron chi connectivity index (χ1n) is 12.4. The van der Waals surface area contributed by atoms with E-state index in [-0.39, 0.29) is 17.3 Å². The van der Waals surface area contributed by atoms with Crippen molar-refractivity contribution in [3.8, 4) is 11.5 Å². The van der Waals surface area contributed by atoms with Crippen LogP contribution in [-0.4, -0.2) is 31.7 Å². The van der Waals surface area contributed by atoms with Gasteiger partial charge < -0.3 is 19.5 Å². The van der Waals surface area contributed by atoms with Gasteiger partial charge >= 0.3 is 5.97 Å². The molecule has 3 rings (SSSR count). The van der Waals surface area contributed by atoms with Crippen molar-refractivity contribution in [2.24, 2.45) is 11.3 Å². The smallest absolute Gasteiger partial charge is 0.341 e. The molecule has 7 heteroatoms. The van der Waals surface area contributed by atoms with E-state index in [0.29, 0.717) is 47.8 Å². The molecule has 190 valence electrons. The summed E-state index contributed by atoms with van der Waals surface area (Å²) in [5.74, 6) is 1.18. The largest absolute Gasteiger partial charge is 0.490 e. The van der Waals surface area contributed by atoms with Crippen molar-refractivity contribution in [2.45, 2.75) is 60.8 Å². The molecule has 0 bridgehead atoms. The molecule has 1 aliphatic carbocycles. The maximum absolute atomic E-state index is 12.8. The second kappa shape index (κ2) is 11.8. The zero-order valence-electron chi connectivity index (χ0n) is 21.7. The van der Waals surface area contributed by atoms with Gasteiger partial charge in [0.15, 0.2) is 11.5 Å². The fourth-order valence-corrected chi connectivity index (χ4v) is 5.65. The maximum atomic E-state index is 12.8. The summed E-state index contributed by atoms with van der Waals surface area (Å²) in [5.41, 5.74) is 2.55. The molecule has 1 aliphatic rings. The van der Waals surface area contributed by atoms with E-state index in [4.69, 9.17) is 14.2 Å².